The number of allylic oxidation sites excluding steroid dienone is 9. The van der Waals surface area contributed by atoms with E-state index in [1.165, 1.54) is 66.4 Å². The number of imidazole rings is 1. The van der Waals surface area contributed by atoms with Gasteiger partial charge in [0.2, 0.25) is 0 Å². The van der Waals surface area contributed by atoms with E-state index < -0.39 is 0 Å². The van der Waals surface area contributed by atoms with Crippen LogP contribution in [0.2, 0.25) is 0 Å². The Morgan fingerprint density at radius 2 is 1.22 bits per heavy atom. The molecule has 1 aliphatic carbocycles. The summed E-state index contributed by atoms with van der Waals surface area (Å²) in [6, 6.07) is 59.6. The van der Waals surface area contributed by atoms with Gasteiger partial charge in [-0.1, -0.05) is 226 Å². The first-order valence-corrected chi connectivity index (χ1v) is 22.8. The first-order chi connectivity index (χ1) is 31.2. The Morgan fingerprint density at radius 1 is 0.641 bits per heavy atom. The highest BCUT2D eigenvalue weighted by molar-refractivity contribution is 6.08. The maximum absolute atomic E-state index is 5.11. The quantitative estimate of drug-likeness (QED) is 0.139. The molecule has 322 valence electrons. The molecule has 0 radical (unpaired) electrons. The molecule has 1 heterocycles. The van der Waals surface area contributed by atoms with E-state index in [4.69, 9.17) is 4.98 Å². The van der Waals surface area contributed by atoms with Crippen molar-refractivity contribution in [1.29, 1.82) is 0 Å². The van der Waals surface area contributed by atoms with Crippen LogP contribution in [0, 0.1) is 13.8 Å². The molecule has 1 aliphatic rings. The molecule has 9 rings (SSSR count). The van der Waals surface area contributed by atoms with Crippen molar-refractivity contribution < 1.29 is 0 Å². The van der Waals surface area contributed by atoms with Crippen LogP contribution in [0.1, 0.15) is 93.7 Å². The number of hydrogen-bond acceptors (Lipinski definition) is 1. The number of aryl methyl sites for hydroxylation is 2. The van der Waals surface area contributed by atoms with Gasteiger partial charge < -0.3 is 0 Å². The standard InChI is InChI=1S/C30H24N2.C20H22.C10H12.C2H6/c1-21-17-18-26-25(28(21)22-11-5-2-6-12-22)19-20-27-29(26)32(24-15-9-4-10-16-24)30(31-27)23-13-7-3-8-14-23;1-4-16(2)20(19-13-9-6-10-14-19)15-17(3)18-11-7-5-8-12-18;1-8(2)10-6-4-9(3)5-7-10;1-2/h2-11,13-20,22H,12H2,1H3;5-15H,4H2,1-3H3;4-7H,1H2,2-3H3;1-2H3/b;17-15+,20-16-;;. The van der Waals surface area contributed by atoms with Gasteiger partial charge in [0.15, 0.2) is 0 Å². The Balaban J connectivity index is 0.000000181. The second-order valence-corrected chi connectivity index (χ2v) is 16.2. The molecule has 7 aromatic carbocycles. The molecule has 1 aromatic heterocycles. The second kappa shape index (κ2) is 22.9. The Kier molecular flexibility index (Phi) is 16.6. The molecule has 0 aliphatic heterocycles. The van der Waals surface area contributed by atoms with E-state index in [1.807, 2.05) is 20.8 Å². The lowest BCUT2D eigenvalue weighted by atomic mass is 9.85. The van der Waals surface area contributed by atoms with Crippen molar-refractivity contribution in [1.82, 2.24) is 9.55 Å². The van der Waals surface area contributed by atoms with Gasteiger partial charge in [0.25, 0.3) is 0 Å². The molecule has 8 aromatic rings. The van der Waals surface area contributed by atoms with E-state index >= 15 is 0 Å². The molecule has 0 spiro atoms. The zero-order chi connectivity index (χ0) is 45.4. The minimum Gasteiger partial charge on any atom is -0.292 e. The largest absolute Gasteiger partial charge is 0.292 e. The topological polar surface area (TPSA) is 17.8 Å². The highest BCUT2D eigenvalue weighted by atomic mass is 15.1. The summed E-state index contributed by atoms with van der Waals surface area (Å²) < 4.78 is 2.32. The smallest absolute Gasteiger partial charge is 0.145 e. The third-order valence-electron chi connectivity index (χ3n) is 11.7. The van der Waals surface area contributed by atoms with E-state index in [2.05, 4.69) is 246 Å². The zero-order valence-corrected chi connectivity index (χ0v) is 39.1. The lowest BCUT2D eigenvalue weighted by Gasteiger charge is -2.20. The molecular weight excluding hydrogens is 773 g/mol. The minimum absolute atomic E-state index is 0.405. The van der Waals surface area contributed by atoms with Gasteiger partial charge >= 0.3 is 0 Å². The molecular formula is C62H64N2. The van der Waals surface area contributed by atoms with E-state index in [0.29, 0.717) is 5.92 Å². The summed E-state index contributed by atoms with van der Waals surface area (Å²) in [4.78, 5) is 5.11. The van der Waals surface area contributed by atoms with Crippen LogP contribution < -0.4 is 0 Å². The summed E-state index contributed by atoms with van der Waals surface area (Å²) in [6.07, 6.45) is 13.3. The van der Waals surface area contributed by atoms with Gasteiger partial charge in [-0.15, -0.1) is 0 Å². The summed E-state index contributed by atoms with van der Waals surface area (Å²) in [7, 11) is 0. The molecule has 0 bridgehead atoms. The number of aromatic nitrogens is 2. The van der Waals surface area contributed by atoms with Gasteiger partial charge in [-0.3, -0.25) is 4.57 Å². The summed E-state index contributed by atoms with van der Waals surface area (Å²) in [5.41, 5.74) is 17.5. The Hall–Kier alpha value is -7.03. The SMILES string of the molecule is C=C(C)c1ccc(C)cc1.CC.CC/C(C)=C(/C=C(\C)c1ccccc1)c1ccccc1.Cc1ccc2c(ccc3nc(-c4ccccc4)n(-c4ccccc4)c32)c1C1C=CC=CC1. The lowest BCUT2D eigenvalue weighted by Crippen LogP contribution is -2.02. The van der Waals surface area contributed by atoms with Crippen molar-refractivity contribution >= 4 is 38.5 Å². The fraction of sp³-hybridized carbons (Fsp3) is 0.177. The van der Waals surface area contributed by atoms with Crippen molar-refractivity contribution in [3.63, 3.8) is 0 Å². The van der Waals surface area contributed by atoms with Crippen LogP contribution in [0.3, 0.4) is 0 Å². The average molecular weight is 837 g/mol. The number of para-hydroxylation sites is 1. The predicted molar refractivity (Wildman–Crippen MR) is 281 cm³/mol. The Morgan fingerprint density at radius 3 is 1.80 bits per heavy atom. The van der Waals surface area contributed by atoms with Crippen LogP contribution >= 0.6 is 0 Å². The van der Waals surface area contributed by atoms with Crippen molar-refractivity contribution in [2.24, 2.45) is 0 Å². The summed E-state index contributed by atoms with van der Waals surface area (Å²) in [5.74, 6) is 1.38. The van der Waals surface area contributed by atoms with Crippen LogP contribution in [0.5, 0.6) is 0 Å². The van der Waals surface area contributed by atoms with Gasteiger partial charge in [0.1, 0.15) is 5.82 Å². The third-order valence-corrected chi connectivity index (χ3v) is 11.7. The van der Waals surface area contributed by atoms with Gasteiger partial charge in [-0.25, -0.2) is 4.98 Å². The van der Waals surface area contributed by atoms with Gasteiger partial charge in [-0.05, 0) is 110 Å². The Labute approximate surface area is 383 Å². The molecule has 0 amide bonds. The molecule has 0 N–H and O–H groups in total. The number of rotatable bonds is 8. The molecule has 0 fully saturated rings. The van der Waals surface area contributed by atoms with Crippen LogP contribution in [0.4, 0.5) is 0 Å². The molecule has 1 unspecified atom stereocenters. The van der Waals surface area contributed by atoms with E-state index in [-0.39, 0.29) is 0 Å². The normalized spacial score (nSPS) is 13.4. The number of fused-ring (bicyclic) bond motifs is 3. The monoisotopic (exact) mass is 837 g/mol. The fourth-order valence-electron chi connectivity index (χ4n) is 8.10. The first kappa shape index (κ1) is 46.5. The predicted octanol–water partition coefficient (Wildman–Crippen LogP) is 17.8. The highest BCUT2D eigenvalue weighted by Crippen LogP contribution is 2.39. The molecule has 2 heteroatoms. The summed E-state index contributed by atoms with van der Waals surface area (Å²) in [5, 5.41) is 2.57. The number of hydrogen-bond donors (Lipinski definition) is 0. The molecule has 0 saturated heterocycles. The first-order valence-electron chi connectivity index (χ1n) is 22.8. The van der Waals surface area contributed by atoms with Gasteiger partial charge in [-0.2, -0.15) is 0 Å². The van der Waals surface area contributed by atoms with Crippen molar-refractivity contribution in [3.8, 4) is 17.1 Å². The van der Waals surface area contributed by atoms with Crippen LogP contribution in [0.25, 0.3) is 55.6 Å². The van der Waals surface area contributed by atoms with E-state index in [1.54, 1.807) is 0 Å². The van der Waals surface area contributed by atoms with E-state index in [9.17, 15) is 0 Å². The highest BCUT2D eigenvalue weighted by Gasteiger charge is 2.20. The molecule has 1 atom stereocenters. The van der Waals surface area contributed by atoms with Gasteiger partial charge in [0.05, 0.1) is 11.0 Å². The van der Waals surface area contributed by atoms with Crippen LogP contribution in [-0.4, -0.2) is 9.55 Å². The summed E-state index contributed by atoms with van der Waals surface area (Å²) >= 11 is 0. The second-order valence-electron chi connectivity index (χ2n) is 16.2. The number of nitrogens with zero attached hydrogens (tertiary/aromatic N) is 2. The fourth-order valence-corrected chi connectivity index (χ4v) is 8.10. The zero-order valence-electron chi connectivity index (χ0n) is 39.1. The molecule has 0 saturated carbocycles. The minimum atomic E-state index is 0.405. The Bertz CT molecular complexity index is 2870. The van der Waals surface area contributed by atoms with Crippen molar-refractivity contribution in [2.45, 2.75) is 74.1 Å². The van der Waals surface area contributed by atoms with E-state index in [0.717, 1.165) is 41.0 Å². The van der Waals surface area contributed by atoms with Crippen LogP contribution in [-0.2, 0) is 0 Å². The lowest BCUT2D eigenvalue weighted by molar-refractivity contribution is 0.854. The third kappa shape index (κ3) is 11.3. The maximum Gasteiger partial charge on any atom is 0.145 e. The summed E-state index contributed by atoms with van der Waals surface area (Å²) in [6.45, 7) is 20.8. The van der Waals surface area contributed by atoms with Crippen molar-refractivity contribution in [2.75, 3.05) is 0 Å². The van der Waals surface area contributed by atoms with Gasteiger partial charge in [0, 0.05) is 22.6 Å². The average Bonchev–Trinajstić information content (AvgIpc) is 3.76. The molecule has 2 nitrogen and oxygen atoms in total. The number of benzene rings is 7. The van der Waals surface area contributed by atoms with Crippen LogP contribution in [0.15, 0.2) is 212 Å². The maximum atomic E-state index is 5.11. The van der Waals surface area contributed by atoms with Crippen molar-refractivity contribution in [3.05, 3.63) is 246 Å². The molecule has 64 heavy (non-hydrogen) atoms.